The van der Waals surface area contributed by atoms with Gasteiger partial charge >= 0.3 is 0 Å². The van der Waals surface area contributed by atoms with Gasteiger partial charge in [0, 0.05) is 57.9 Å². The number of methoxy groups -OCH3 is 1. The van der Waals surface area contributed by atoms with Gasteiger partial charge in [0.2, 0.25) is 5.91 Å². The number of nitrogens with zero attached hydrogens (tertiary/aromatic N) is 3. The monoisotopic (exact) mass is 382 g/mol. The van der Waals surface area contributed by atoms with Crippen molar-refractivity contribution in [3.05, 3.63) is 59.4 Å². The van der Waals surface area contributed by atoms with Gasteiger partial charge in [-0.1, -0.05) is 42.0 Å². The van der Waals surface area contributed by atoms with Gasteiger partial charge in [-0.25, -0.2) is 0 Å². The second kappa shape index (κ2) is 9.66. The highest BCUT2D eigenvalue weighted by atomic mass is 16.5. The number of carbonyl (C=O) groups is 1. The molecule has 1 aliphatic heterocycles. The molecular formula is C22H30N4O2. The van der Waals surface area contributed by atoms with E-state index in [9.17, 15) is 4.79 Å². The zero-order chi connectivity index (χ0) is 19.9. The van der Waals surface area contributed by atoms with E-state index in [0.29, 0.717) is 19.6 Å². The van der Waals surface area contributed by atoms with Gasteiger partial charge in [0.1, 0.15) is 0 Å². The molecule has 2 aromatic rings. The average molecular weight is 383 g/mol. The van der Waals surface area contributed by atoms with Crippen LogP contribution >= 0.6 is 0 Å². The van der Waals surface area contributed by atoms with E-state index >= 15 is 0 Å². The molecule has 1 aromatic heterocycles. The van der Waals surface area contributed by atoms with Crippen LogP contribution in [0.4, 0.5) is 0 Å². The summed E-state index contributed by atoms with van der Waals surface area (Å²) < 4.78 is 7.00. The van der Waals surface area contributed by atoms with Crippen molar-refractivity contribution in [1.29, 1.82) is 0 Å². The maximum atomic E-state index is 12.6. The fraction of sp³-hybridized carbons (Fsp3) is 0.455. The zero-order valence-corrected chi connectivity index (χ0v) is 17.0. The fourth-order valence-corrected chi connectivity index (χ4v) is 3.88. The molecule has 1 fully saturated rings. The lowest BCUT2D eigenvalue weighted by atomic mass is 9.95. The van der Waals surface area contributed by atoms with E-state index in [4.69, 9.17) is 4.74 Å². The van der Waals surface area contributed by atoms with E-state index in [2.05, 4.69) is 35.5 Å². The molecule has 1 N–H and O–H groups in total. The van der Waals surface area contributed by atoms with Crippen LogP contribution in [0.3, 0.4) is 0 Å². The summed E-state index contributed by atoms with van der Waals surface area (Å²) in [6, 6.07) is 10.4. The Labute approximate surface area is 167 Å². The van der Waals surface area contributed by atoms with Gasteiger partial charge in [-0.2, -0.15) is 5.10 Å². The number of benzene rings is 1. The molecule has 0 saturated carbocycles. The number of aryl methyl sites for hydroxylation is 1. The third-order valence-electron chi connectivity index (χ3n) is 5.17. The van der Waals surface area contributed by atoms with Gasteiger partial charge in [0.05, 0.1) is 18.8 Å². The van der Waals surface area contributed by atoms with Crippen molar-refractivity contribution in [2.24, 2.45) is 13.0 Å². The lowest BCUT2D eigenvalue weighted by Crippen LogP contribution is -2.34. The van der Waals surface area contributed by atoms with E-state index < -0.39 is 0 Å². The van der Waals surface area contributed by atoms with Gasteiger partial charge in [0.15, 0.2) is 0 Å². The molecule has 150 valence electrons. The number of nitrogens with one attached hydrogen (secondary N) is 1. The summed E-state index contributed by atoms with van der Waals surface area (Å²) >= 11 is 0. The minimum Gasteiger partial charge on any atom is -0.383 e. The number of hydrogen-bond acceptors (Lipinski definition) is 4. The van der Waals surface area contributed by atoms with Crippen molar-refractivity contribution in [2.45, 2.75) is 19.4 Å². The number of likely N-dealkylation sites (tertiary alicyclic amines) is 1. The maximum absolute atomic E-state index is 12.6. The number of amides is 1. The SMILES string of the molecule is COCCN1C(=O)C[C@@H](CNC/C(C)=C/c2ccccc2)[C@@H]1c1cnn(C)c1. The van der Waals surface area contributed by atoms with Crippen molar-refractivity contribution in [1.82, 2.24) is 20.0 Å². The highest BCUT2D eigenvalue weighted by Crippen LogP contribution is 2.37. The molecule has 3 rings (SSSR count). The smallest absolute Gasteiger partial charge is 0.223 e. The highest BCUT2D eigenvalue weighted by Gasteiger charge is 2.40. The molecule has 1 aliphatic rings. The van der Waals surface area contributed by atoms with Gasteiger partial charge < -0.3 is 15.0 Å². The summed E-state index contributed by atoms with van der Waals surface area (Å²) in [7, 11) is 3.57. The average Bonchev–Trinajstić information content (AvgIpc) is 3.23. The van der Waals surface area contributed by atoms with Crippen molar-refractivity contribution in [3.63, 3.8) is 0 Å². The number of ether oxygens (including phenoxy) is 1. The van der Waals surface area contributed by atoms with Gasteiger partial charge in [-0.05, 0) is 12.5 Å². The van der Waals surface area contributed by atoms with E-state index in [1.165, 1.54) is 11.1 Å². The summed E-state index contributed by atoms with van der Waals surface area (Å²) in [6.45, 7) is 4.87. The van der Waals surface area contributed by atoms with Gasteiger partial charge in [-0.15, -0.1) is 0 Å². The summed E-state index contributed by atoms with van der Waals surface area (Å²) in [5.41, 5.74) is 3.56. The molecule has 0 unspecified atom stereocenters. The minimum absolute atomic E-state index is 0.0438. The Morgan fingerprint density at radius 3 is 2.82 bits per heavy atom. The van der Waals surface area contributed by atoms with Crippen LogP contribution in [0.5, 0.6) is 0 Å². The van der Waals surface area contributed by atoms with Crippen LogP contribution in [0.1, 0.15) is 30.5 Å². The third kappa shape index (κ3) is 5.09. The van der Waals surface area contributed by atoms with Crippen molar-refractivity contribution < 1.29 is 9.53 Å². The molecule has 2 heterocycles. The second-order valence-electron chi connectivity index (χ2n) is 7.47. The lowest BCUT2D eigenvalue weighted by Gasteiger charge is -2.27. The molecule has 6 nitrogen and oxygen atoms in total. The molecule has 0 bridgehead atoms. The molecule has 0 radical (unpaired) electrons. The Bertz CT molecular complexity index is 800. The topological polar surface area (TPSA) is 59.4 Å². The van der Waals surface area contributed by atoms with Crippen LogP contribution in [-0.2, 0) is 16.6 Å². The number of hydrogen-bond donors (Lipinski definition) is 1. The van der Waals surface area contributed by atoms with Gasteiger partial charge in [0.25, 0.3) is 0 Å². The normalized spacial score (nSPS) is 20.2. The van der Waals surface area contributed by atoms with E-state index in [-0.39, 0.29) is 17.9 Å². The summed E-state index contributed by atoms with van der Waals surface area (Å²) in [5.74, 6) is 0.410. The van der Waals surface area contributed by atoms with Crippen molar-refractivity contribution in [2.75, 3.05) is 33.4 Å². The quantitative estimate of drug-likeness (QED) is 0.724. The Morgan fingerprint density at radius 2 is 2.14 bits per heavy atom. The summed E-state index contributed by atoms with van der Waals surface area (Å²) in [5, 5.41) is 7.85. The van der Waals surface area contributed by atoms with Crippen LogP contribution in [0.2, 0.25) is 0 Å². The molecule has 1 saturated heterocycles. The first-order valence-electron chi connectivity index (χ1n) is 9.78. The number of aromatic nitrogens is 2. The highest BCUT2D eigenvalue weighted by molar-refractivity contribution is 5.79. The molecule has 0 aliphatic carbocycles. The molecular weight excluding hydrogens is 352 g/mol. The largest absolute Gasteiger partial charge is 0.383 e. The van der Waals surface area contributed by atoms with Crippen LogP contribution in [0.25, 0.3) is 6.08 Å². The maximum Gasteiger partial charge on any atom is 0.223 e. The predicted molar refractivity (Wildman–Crippen MR) is 111 cm³/mol. The van der Waals surface area contributed by atoms with Crippen LogP contribution in [0.15, 0.2) is 48.3 Å². The van der Waals surface area contributed by atoms with Crippen molar-refractivity contribution >= 4 is 12.0 Å². The Morgan fingerprint density at radius 1 is 1.36 bits per heavy atom. The molecule has 0 spiro atoms. The second-order valence-corrected chi connectivity index (χ2v) is 7.47. The van der Waals surface area contributed by atoms with Crippen molar-refractivity contribution in [3.8, 4) is 0 Å². The Balaban J connectivity index is 1.64. The number of rotatable bonds is 9. The first-order valence-corrected chi connectivity index (χ1v) is 9.78. The van der Waals surface area contributed by atoms with E-state index in [1.807, 2.05) is 42.5 Å². The van der Waals surface area contributed by atoms with E-state index in [1.54, 1.807) is 11.8 Å². The molecule has 1 aromatic carbocycles. The summed E-state index contributed by atoms with van der Waals surface area (Å²) in [4.78, 5) is 14.6. The lowest BCUT2D eigenvalue weighted by molar-refractivity contribution is -0.129. The summed E-state index contributed by atoms with van der Waals surface area (Å²) in [6.07, 6.45) is 6.63. The van der Waals surface area contributed by atoms with E-state index in [0.717, 1.165) is 18.7 Å². The third-order valence-corrected chi connectivity index (χ3v) is 5.17. The predicted octanol–water partition coefficient (Wildman–Crippen LogP) is 2.65. The first kappa shape index (κ1) is 20.3. The standard InChI is InChI=1S/C22H30N4O2/c1-17(11-18-7-5-4-6-8-18)13-23-14-19-12-21(27)26(9-10-28-3)22(19)20-15-24-25(2)16-20/h4-8,11,15-16,19,22-23H,9-10,12-14H2,1-3H3/b17-11+/t19-,22+/m0/s1. The fourth-order valence-electron chi connectivity index (χ4n) is 3.88. The first-order chi connectivity index (χ1) is 13.6. The molecule has 1 amide bonds. The Kier molecular flexibility index (Phi) is 7.01. The zero-order valence-electron chi connectivity index (χ0n) is 17.0. The van der Waals surface area contributed by atoms with Crippen LogP contribution < -0.4 is 5.32 Å². The Hall–Kier alpha value is -2.44. The molecule has 28 heavy (non-hydrogen) atoms. The van der Waals surface area contributed by atoms with Crippen LogP contribution in [0, 0.1) is 5.92 Å². The van der Waals surface area contributed by atoms with Crippen LogP contribution in [-0.4, -0.2) is 53.9 Å². The van der Waals surface area contributed by atoms with Gasteiger partial charge in [-0.3, -0.25) is 9.48 Å². The molecule has 6 heteroatoms. The molecule has 2 atom stereocenters. The number of carbonyl (C=O) groups excluding carboxylic acids is 1. The minimum atomic E-state index is 0.0438.